The summed E-state index contributed by atoms with van der Waals surface area (Å²) in [6.07, 6.45) is 4.16. The van der Waals surface area contributed by atoms with Crippen LogP contribution in [0.4, 0.5) is 5.69 Å². The van der Waals surface area contributed by atoms with Gasteiger partial charge in [-0.15, -0.1) is 0 Å². The summed E-state index contributed by atoms with van der Waals surface area (Å²) in [7, 11) is 0. The van der Waals surface area contributed by atoms with E-state index in [0.717, 1.165) is 27.9 Å². The number of aromatic hydroxyl groups is 1. The highest BCUT2D eigenvalue weighted by molar-refractivity contribution is 6.05. The summed E-state index contributed by atoms with van der Waals surface area (Å²) in [5.74, 6) is -0.783. The van der Waals surface area contributed by atoms with Gasteiger partial charge in [0.15, 0.2) is 0 Å². The van der Waals surface area contributed by atoms with E-state index < -0.39 is 5.92 Å². The van der Waals surface area contributed by atoms with Crippen molar-refractivity contribution in [1.29, 1.82) is 0 Å². The minimum absolute atomic E-state index is 0.0363. The smallest absolute Gasteiger partial charge is 0.255 e. The fraction of sp³-hybridized carbons (Fsp3) is 0.231. The van der Waals surface area contributed by atoms with Crippen molar-refractivity contribution >= 4 is 23.0 Å². The molecular formula is C26H25N5O3. The zero-order chi connectivity index (χ0) is 23.8. The number of benzene rings is 2. The standard InChI is InChI=1S/C26H25N5O3/c1-15(12-27-25(33)19-8-4-6-10-21(19)32)11-17-13-31-24(16(17)2)23(28-14-29-31)22-18-7-3-5-9-20(18)30-26(22)34/h3-10,13-15,22,32H,11-12H2,1-2H3,(H,27,33)(H,30,34). The van der Waals surface area contributed by atoms with Crippen molar-refractivity contribution in [1.82, 2.24) is 19.9 Å². The number of nitrogens with one attached hydrogen (secondary N) is 2. The average Bonchev–Trinajstić information content (AvgIpc) is 3.33. The second-order valence-electron chi connectivity index (χ2n) is 8.76. The summed E-state index contributed by atoms with van der Waals surface area (Å²) in [4.78, 5) is 29.8. The molecule has 0 bridgehead atoms. The van der Waals surface area contributed by atoms with E-state index in [1.165, 1.54) is 12.4 Å². The minimum Gasteiger partial charge on any atom is -0.507 e. The van der Waals surface area contributed by atoms with E-state index in [1.807, 2.05) is 37.4 Å². The number of rotatable bonds is 6. The fourth-order valence-corrected chi connectivity index (χ4v) is 4.61. The maximum atomic E-state index is 12.8. The number of aromatic nitrogens is 3. The predicted octanol–water partition coefficient (Wildman–Crippen LogP) is 3.44. The van der Waals surface area contributed by atoms with Gasteiger partial charge in [-0.05, 0) is 54.2 Å². The molecule has 2 aromatic carbocycles. The van der Waals surface area contributed by atoms with Gasteiger partial charge in [0.25, 0.3) is 5.91 Å². The summed E-state index contributed by atoms with van der Waals surface area (Å²) in [6, 6.07) is 14.2. The number of fused-ring (bicyclic) bond motifs is 2. The van der Waals surface area contributed by atoms with Crippen LogP contribution in [0.1, 0.15) is 45.6 Å². The molecule has 3 heterocycles. The fourth-order valence-electron chi connectivity index (χ4n) is 4.61. The van der Waals surface area contributed by atoms with Gasteiger partial charge in [-0.1, -0.05) is 37.3 Å². The van der Waals surface area contributed by atoms with Crippen molar-refractivity contribution < 1.29 is 14.7 Å². The van der Waals surface area contributed by atoms with Crippen LogP contribution in [-0.4, -0.2) is 38.1 Å². The number of amides is 2. The van der Waals surface area contributed by atoms with E-state index in [9.17, 15) is 14.7 Å². The number of hydrogen-bond acceptors (Lipinski definition) is 5. The Labute approximate surface area is 196 Å². The van der Waals surface area contributed by atoms with Crippen LogP contribution in [0.15, 0.2) is 61.1 Å². The molecule has 2 unspecified atom stereocenters. The Morgan fingerprint density at radius 2 is 1.97 bits per heavy atom. The lowest BCUT2D eigenvalue weighted by molar-refractivity contribution is -0.116. The number of nitrogens with zero attached hydrogens (tertiary/aromatic N) is 3. The van der Waals surface area contributed by atoms with E-state index >= 15 is 0 Å². The van der Waals surface area contributed by atoms with Crippen LogP contribution in [0.3, 0.4) is 0 Å². The third kappa shape index (κ3) is 3.77. The van der Waals surface area contributed by atoms with Crippen LogP contribution in [0.2, 0.25) is 0 Å². The highest BCUT2D eigenvalue weighted by Gasteiger charge is 2.35. The van der Waals surface area contributed by atoms with Crippen LogP contribution < -0.4 is 10.6 Å². The molecule has 0 saturated carbocycles. The lowest BCUT2D eigenvalue weighted by Crippen LogP contribution is -2.29. The van der Waals surface area contributed by atoms with Crippen molar-refractivity contribution in [2.75, 3.05) is 11.9 Å². The molecule has 0 radical (unpaired) electrons. The van der Waals surface area contributed by atoms with Gasteiger partial charge < -0.3 is 15.7 Å². The molecule has 0 saturated heterocycles. The van der Waals surface area contributed by atoms with Crippen LogP contribution in [0.25, 0.3) is 5.52 Å². The third-order valence-corrected chi connectivity index (χ3v) is 6.35. The zero-order valence-corrected chi connectivity index (χ0v) is 18.9. The molecule has 8 heteroatoms. The Hall–Kier alpha value is -4.20. The number of anilines is 1. The number of aryl methyl sites for hydroxylation is 1. The average molecular weight is 456 g/mol. The van der Waals surface area contributed by atoms with Crippen LogP contribution in [0, 0.1) is 12.8 Å². The molecule has 2 atom stereocenters. The molecular weight excluding hydrogens is 430 g/mol. The van der Waals surface area contributed by atoms with Crippen LogP contribution in [-0.2, 0) is 11.2 Å². The minimum atomic E-state index is -0.488. The van der Waals surface area contributed by atoms with Gasteiger partial charge in [-0.2, -0.15) is 5.10 Å². The van der Waals surface area contributed by atoms with Gasteiger partial charge >= 0.3 is 0 Å². The van der Waals surface area contributed by atoms with Crippen molar-refractivity contribution in [3.63, 3.8) is 0 Å². The Kier molecular flexibility index (Phi) is 5.49. The first-order chi connectivity index (χ1) is 16.4. The summed E-state index contributed by atoms with van der Waals surface area (Å²) >= 11 is 0. The van der Waals surface area contributed by atoms with Gasteiger partial charge in [-0.25, -0.2) is 9.50 Å². The highest BCUT2D eigenvalue weighted by Crippen LogP contribution is 2.38. The summed E-state index contributed by atoms with van der Waals surface area (Å²) in [5.41, 5.74) is 5.60. The SMILES string of the molecule is Cc1c(CC(C)CNC(=O)c2ccccc2O)cn2ncnc(C3C(=O)Nc4ccccc43)c12. The Morgan fingerprint density at radius 3 is 2.79 bits per heavy atom. The summed E-state index contributed by atoms with van der Waals surface area (Å²) in [5, 5.41) is 20.1. The first-order valence-corrected chi connectivity index (χ1v) is 11.2. The maximum absolute atomic E-state index is 12.8. The third-order valence-electron chi connectivity index (χ3n) is 6.35. The Morgan fingerprint density at radius 1 is 1.21 bits per heavy atom. The number of phenolic OH excluding ortho intramolecular Hbond substituents is 1. The first kappa shape index (κ1) is 21.6. The second kappa shape index (κ2) is 8.62. The second-order valence-corrected chi connectivity index (χ2v) is 8.76. The summed E-state index contributed by atoms with van der Waals surface area (Å²) < 4.78 is 1.79. The van der Waals surface area contributed by atoms with Gasteiger partial charge in [0.1, 0.15) is 18.0 Å². The molecule has 0 spiro atoms. The van der Waals surface area contributed by atoms with Crippen molar-refractivity contribution in [3.8, 4) is 5.75 Å². The molecule has 1 aliphatic heterocycles. The van der Waals surface area contributed by atoms with E-state index in [2.05, 4.69) is 27.6 Å². The molecule has 1 aliphatic rings. The van der Waals surface area contributed by atoms with E-state index in [-0.39, 0.29) is 29.0 Å². The lowest BCUT2D eigenvalue weighted by atomic mass is 9.94. The topological polar surface area (TPSA) is 109 Å². The van der Waals surface area contributed by atoms with Gasteiger partial charge in [-0.3, -0.25) is 9.59 Å². The molecule has 34 heavy (non-hydrogen) atoms. The number of phenols is 1. The molecule has 2 amide bonds. The van der Waals surface area contributed by atoms with E-state index in [0.29, 0.717) is 18.7 Å². The van der Waals surface area contributed by atoms with Crippen molar-refractivity contribution in [3.05, 3.63) is 89.0 Å². The lowest BCUT2D eigenvalue weighted by Gasteiger charge is -2.13. The number of carbonyl (C=O) groups excluding carboxylic acids is 2. The number of para-hydroxylation sites is 2. The highest BCUT2D eigenvalue weighted by atomic mass is 16.3. The number of carbonyl (C=O) groups is 2. The Bertz CT molecular complexity index is 1410. The van der Waals surface area contributed by atoms with E-state index in [4.69, 9.17) is 0 Å². The summed E-state index contributed by atoms with van der Waals surface area (Å²) in [6.45, 7) is 4.53. The predicted molar refractivity (Wildman–Crippen MR) is 128 cm³/mol. The van der Waals surface area contributed by atoms with Crippen LogP contribution in [0.5, 0.6) is 5.75 Å². The molecule has 4 aromatic rings. The van der Waals surface area contributed by atoms with Gasteiger partial charge in [0.2, 0.25) is 5.91 Å². The molecule has 0 fully saturated rings. The molecule has 5 rings (SSSR count). The van der Waals surface area contributed by atoms with E-state index in [1.54, 1.807) is 22.7 Å². The molecule has 8 nitrogen and oxygen atoms in total. The van der Waals surface area contributed by atoms with Crippen molar-refractivity contribution in [2.24, 2.45) is 5.92 Å². The molecule has 3 N–H and O–H groups in total. The van der Waals surface area contributed by atoms with Gasteiger partial charge in [0, 0.05) is 18.4 Å². The first-order valence-electron chi connectivity index (χ1n) is 11.2. The maximum Gasteiger partial charge on any atom is 0.255 e. The number of hydrogen-bond donors (Lipinski definition) is 3. The largest absolute Gasteiger partial charge is 0.507 e. The molecule has 2 aromatic heterocycles. The monoisotopic (exact) mass is 455 g/mol. The Balaban J connectivity index is 1.38. The van der Waals surface area contributed by atoms with Crippen LogP contribution >= 0.6 is 0 Å². The molecule has 0 aliphatic carbocycles. The zero-order valence-electron chi connectivity index (χ0n) is 18.9. The van der Waals surface area contributed by atoms with Crippen molar-refractivity contribution in [2.45, 2.75) is 26.2 Å². The quantitative estimate of drug-likeness (QED) is 0.413. The van der Waals surface area contributed by atoms with Gasteiger partial charge in [0.05, 0.1) is 16.8 Å². The normalized spacial score (nSPS) is 15.7. The molecule has 172 valence electrons.